The lowest BCUT2D eigenvalue weighted by atomic mass is 9.85. The number of likely N-dealkylation sites (tertiary alicyclic amines) is 1. The lowest BCUT2D eigenvalue weighted by molar-refractivity contribution is -0.136. The van der Waals surface area contributed by atoms with Crippen LogP contribution in [0.2, 0.25) is 0 Å². The van der Waals surface area contributed by atoms with Crippen LogP contribution in [0.5, 0.6) is 0 Å². The minimum Gasteiger partial charge on any atom is -0.388 e. The molecule has 1 aromatic rings. The van der Waals surface area contributed by atoms with Crippen LogP contribution in [0.1, 0.15) is 38.2 Å². The van der Waals surface area contributed by atoms with E-state index >= 15 is 0 Å². The van der Waals surface area contributed by atoms with E-state index in [0.717, 1.165) is 43.6 Å². The third kappa shape index (κ3) is 2.42. The number of piperidine rings is 1. The van der Waals surface area contributed by atoms with E-state index in [0.29, 0.717) is 6.42 Å². The number of oxime groups is 1. The second-order valence-corrected chi connectivity index (χ2v) is 5.59. The molecule has 0 unspecified atom stereocenters. The van der Waals surface area contributed by atoms with Gasteiger partial charge in [0.25, 0.3) is 0 Å². The van der Waals surface area contributed by atoms with Crippen LogP contribution in [0, 0.1) is 0 Å². The highest BCUT2D eigenvalue weighted by Gasteiger charge is 2.42. The molecule has 2 aliphatic heterocycles. The summed E-state index contributed by atoms with van der Waals surface area (Å²) in [6.45, 7) is 3.48. The third-order valence-corrected chi connectivity index (χ3v) is 4.28. The summed E-state index contributed by atoms with van der Waals surface area (Å²) in [5, 5.41) is 4.29. The van der Waals surface area contributed by atoms with Gasteiger partial charge in [-0.15, -0.1) is 0 Å². The summed E-state index contributed by atoms with van der Waals surface area (Å²) in [5.41, 5.74) is 1.98. The molecule has 106 valence electrons. The number of amides is 1. The maximum Gasteiger partial charge on any atom is 0.222 e. The second-order valence-electron chi connectivity index (χ2n) is 5.59. The maximum absolute atomic E-state index is 11.7. The van der Waals surface area contributed by atoms with E-state index in [-0.39, 0.29) is 11.5 Å². The zero-order valence-electron chi connectivity index (χ0n) is 11.8. The SMILES string of the molecule is CCC(=O)N1CCC2(CC1)CC(c1ccccc1)=NO2. The minimum atomic E-state index is -0.185. The molecular weight excluding hydrogens is 252 g/mol. The van der Waals surface area contributed by atoms with Gasteiger partial charge in [-0.05, 0) is 5.56 Å². The number of nitrogens with zero attached hydrogens (tertiary/aromatic N) is 2. The van der Waals surface area contributed by atoms with Crippen LogP contribution in [0.3, 0.4) is 0 Å². The Morgan fingerprint density at radius 1 is 1.30 bits per heavy atom. The molecule has 1 spiro atoms. The molecule has 3 rings (SSSR count). The summed E-state index contributed by atoms with van der Waals surface area (Å²) in [7, 11) is 0. The van der Waals surface area contributed by atoms with E-state index in [4.69, 9.17) is 4.84 Å². The number of hydrogen-bond acceptors (Lipinski definition) is 3. The first-order chi connectivity index (χ1) is 9.72. The average Bonchev–Trinajstić information content (AvgIpc) is 2.92. The standard InChI is InChI=1S/C16H20N2O2/c1-2-15(19)18-10-8-16(9-11-18)12-14(17-20-16)13-6-4-3-5-7-13/h3-7H,2,8-12H2,1H3. The smallest absolute Gasteiger partial charge is 0.222 e. The number of hydrogen-bond donors (Lipinski definition) is 0. The summed E-state index contributed by atoms with van der Waals surface area (Å²) >= 11 is 0. The fraction of sp³-hybridized carbons (Fsp3) is 0.500. The van der Waals surface area contributed by atoms with Crippen molar-refractivity contribution >= 4 is 11.6 Å². The van der Waals surface area contributed by atoms with Crippen molar-refractivity contribution in [2.45, 2.75) is 38.2 Å². The predicted octanol–water partition coefficient (Wildman–Crippen LogP) is 2.58. The van der Waals surface area contributed by atoms with Gasteiger partial charge < -0.3 is 9.74 Å². The Kier molecular flexibility index (Phi) is 3.47. The van der Waals surface area contributed by atoms with Crippen molar-refractivity contribution in [1.29, 1.82) is 0 Å². The molecule has 4 nitrogen and oxygen atoms in total. The van der Waals surface area contributed by atoms with Crippen LogP contribution in [0.4, 0.5) is 0 Å². The first kappa shape index (κ1) is 13.2. The molecule has 1 aromatic carbocycles. The molecule has 1 saturated heterocycles. The van der Waals surface area contributed by atoms with Gasteiger partial charge >= 0.3 is 0 Å². The van der Waals surface area contributed by atoms with Crippen LogP contribution in [0.25, 0.3) is 0 Å². The highest BCUT2D eigenvalue weighted by Crippen LogP contribution is 2.36. The zero-order valence-corrected chi connectivity index (χ0v) is 11.8. The molecule has 2 heterocycles. The van der Waals surface area contributed by atoms with Gasteiger partial charge in [0.15, 0.2) is 0 Å². The van der Waals surface area contributed by atoms with Gasteiger partial charge in [-0.1, -0.05) is 42.4 Å². The van der Waals surface area contributed by atoms with Crippen molar-refractivity contribution in [2.24, 2.45) is 5.16 Å². The predicted molar refractivity (Wildman–Crippen MR) is 77.5 cm³/mol. The highest BCUT2D eigenvalue weighted by molar-refractivity contribution is 6.01. The van der Waals surface area contributed by atoms with Gasteiger partial charge in [-0.25, -0.2) is 0 Å². The molecule has 0 atom stereocenters. The minimum absolute atomic E-state index is 0.185. The summed E-state index contributed by atoms with van der Waals surface area (Å²) in [6.07, 6.45) is 3.18. The van der Waals surface area contributed by atoms with Gasteiger partial charge in [0, 0.05) is 38.8 Å². The molecule has 0 aromatic heterocycles. The summed E-state index contributed by atoms with van der Waals surface area (Å²) in [6, 6.07) is 10.2. The number of carbonyl (C=O) groups is 1. The second kappa shape index (κ2) is 5.27. The fourth-order valence-electron chi connectivity index (χ4n) is 2.96. The van der Waals surface area contributed by atoms with Crippen molar-refractivity contribution in [2.75, 3.05) is 13.1 Å². The molecule has 0 radical (unpaired) electrons. The Balaban J connectivity index is 1.63. The van der Waals surface area contributed by atoms with Gasteiger partial charge in [0.1, 0.15) is 5.60 Å². The molecule has 2 aliphatic rings. The molecule has 4 heteroatoms. The Morgan fingerprint density at radius 2 is 2.00 bits per heavy atom. The molecule has 0 aliphatic carbocycles. The van der Waals surface area contributed by atoms with E-state index < -0.39 is 0 Å². The van der Waals surface area contributed by atoms with E-state index in [1.165, 1.54) is 0 Å². The molecule has 20 heavy (non-hydrogen) atoms. The maximum atomic E-state index is 11.7. The molecule has 0 bridgehead atoms. The number of carbonyl (C=O) groups excluding carboxylic acids is 1. The van der Waals surface area contributed by atoms with E-state index in [2.05, 4.69) is 17.3 Å². The van der Waals surface area contributed by atoms with Crippen LogP contribution in [-0.2, 0) is 9.63 Å². The Hall–Kier alpha value is -1.84. The van der Waals surface area contributed by atoms with Crippen molar-refractivity contribution in [1.82, 2.24) is 4.90 Å². The van der Waals surface area contributed by atoms with Gasteiger partial charge in [-0.2, -0.15) is 0 Å². The van der Waals surface area contributed by atoms with Crippen molar-refractivity contribution in [3.63, 3.8) is 0 Å². The first-order valence-corrected chi connectivity index (χ1v) is 7.31. The van der Waals surface area contributed by atoms with Crippen molar-refractivity contribution in [3.8, 4) is 0 Å². The molecule has 1 fully saturated rings. The molecular formula is C16H20N2O2. The first-order valence-electron chi connectivity index (χ1n) is 7.31. The van der Waals surface area contributed by atoms with Crippen LogP contribution >= 0.6 is 0 Å². The Morgan fingerprint density at radius 3 is 2.65 bits per heavy atom. The van der Waals surface area contributed by atoms with E-state index in [1.54, 1.807) is 0 Å². The topological polar surface area (TPSA) is 41.9 Å². The van der Waals surface area contributed by atoms with Crippen molar-refractivity contribution in [3.05, 3.63) is 35.9 Å². The summed E-state index contributed by atoms with van der Waals surface area (Å²) < 4.78 is 0. The summed E-state index contributed by atoms with van der Waals surface area (Å²) in [5.74, 6) is 0.238. The van der Waals surface area contributed by atoms with Crippen molar-refractivity contribution < 1.29 is 9.63 Å². The van der Waals surface area contributed by atoms with Gasteiger partial charge in [0.05, 0.1) is 5.71 Å². The largest absolute Gasteiger partial charge is 0.388 e. The van der Waals surface area contributed by atoms with Gasteiger partial charge in [-0.3, -0.25) is 4.79 Å². The van der Waals surface area contributed by atoms with Crippen LogP contribution in [-0.4, -0.2) is 35.2 Å². The number of benzene rings is 1. The van der Waals surface area contributed by atoms with Gasteiger partial charge in [0.2, 0.25) is 5.91 Å². The fourth-order valence-corrected chi connectivity index (χ4v) is 2.96. The Labute approximate surface area is 119 Å². The Bertz CT molecular complexity index is 517. The zero-order chi connectivity index (χ0) is 14.0. The monoisotopic (exact) mass is 272 g/mol. The van der Waals surface area contributed by atoms with Crippen LogP contribution < -0.4 is 0 Å². The molecule has 1 amide bonds. The highest BCUT2D eigenvalue weighted by atomic mass is 16.7. The lowest BCUT2D eigenvalue weighted by Gasteiger charge is -2.37. The van der Waals surface area contributed by atoms with E-state index in [9.17, 15) is 4.79 Å². The number of rotatable bonds is 2. The quantitative estimate of drug-likeness (QED) is 0.830. The normalized spacial score (nSPS) is 20.6. The van der Waals surface area contributed by atoms with Crippen LogP contribution in [0.15, 0.2) is 35.5 Å². The molecule has 0 N–H and O–H groups in total. The molecule has 0 saturated carbocycles. The average molecular weight is 272 g/mol. The third-order valence-electron chi connectivity index (χ3n) is 4.28. The lowest BCUT2D eigenvalue weighted by Crippen LogP contribution is -2.46. The summed E-state index contributed by atoms with van der Waals surface area (Å²) in [4.78, 5) is 19.4. The van der Waals surface area contributed by atoms with E-state index in [1.807, 2.05) is 30.0 Å².